The van der Waals surface area contributed by atoms with E-state index < -0.39 is 0 Å². The van der Waals surface area contributed by atoms with E-state index >= 15 is 0 Å². The minimum atomic E-state index is -0.183. The Morgan fingerprint density at radius 1 is 1.17 bits per heavy atom. The minimum absolute atomic E-state index is 0.183. The third kappa shape index (κ3) is 4.03. The van der Waals surface area contributed by atoms with Gasteiger partial charge < -0.3 is 5.32 Å². The first-order valence-corrected chi connectivity index (χ1v) is 10.1. The summed E-state index contributed by atoms with van der Waals surface area (Å²) >= 11 is 0. The first kappa shape index (κ1) is 19.6. The van der Waals surface area contributed by atoms with Gasteiger partial charge in [0.25, 0.3) is 11.3 Å². The van der Waals surface area contributed by atoms with E-state index in [1.807, 2.05) is 30.3 Å². The number of aromatic amines is 1. The second-order valence-electron chi connectivity index (χ2n) is 7.35. The van der Waals surface area contributed by atoms with Crippen molar-refractivity contribution in [2.24, 2.45) is 0 Å². The van der Waals surface area contributed by atoms with Gasteiger partial charge in [-0.1, -0.05) is 50.3 Å². The van der Waals surface area contributed by atoms with Gasteiger partial charge in [0.1, 0.15) is 0 Å². The topological polar surface area (TPSA) is 75.1 Å². The number of hydrogen-bond acceptors (Lipinski definition) is 4. The van der Waals surface area contributed by atoms with Crippen LogP contribution >= 0.6 is 0 Å². The molecular formula is C24H25N5O. The minimum Gasteiger partial charge on any atom is -0.379 e. The number of rotatable bonds is 7. The summed E-state index contributed by atoms with van der Waals surface area (Å²) in [5.74, 6) is 1.31. The SMILES string of the molecule is C=CC(C)c1ccc(NCc2cc(=O)n3[nH]c(-c4cccc(CC)c4)nc3n2)cc1. The van der Waals surface area contributed by atoms with Crippen LogP contribution in [-0.4, -0.2) is 19.6 Å². The van der Waals surface area contributed by atoms with Gasteiger partial charge in [-0.15, -0.1) is 6.58 Å². The fourth-order valence-corrected chi connectivity index (χ4v) is 3.32. The maximum absolute atomic E-state index is 12.5. The van der Waals surface area contributed by atoms with Gasteiger partial charge >= 0.3 is 0 Å². The number of fused-ring (bicyclic) bond motifs is 1. The Labute approximate surface area is 175 Å². The predicted molar refractivity (Wildman–Crippen MR) is 121 cm³/mol. The van der Waals surface area contributed by atoms with Crippen molar-refractivity contribution in [3.63, 3.8) is 0 Å². The lowest BCUT2D eigenvalue weighted by molar-refractivity contribution is 0.878. The summed E-state index contributed by atoms with van der Waals surface area (Å²) < 4.78 is 1.38. The van der Waals surface area contributed by atoms with Crippen LogP contribution in [0.4, 0.5) is 5.69 Å². The quantitative estimate of drug-likeness (QED) is 0.447. The molecule has 0 amide bonds. The fourth-order valence-electron chi connectivity index (χ4n) is 3.32. The van der Waals surface area contributed by atoms with Crippen molar-refractivity contribution in [2.75, 3.05) is 5.32 Å². The van der Waals surface area contributed by atoms with Gasteiger partial charge in [-0.3, -0.25) is 9.89 Å². The van der Waals surface area contributed by atoms with Gasteiger partial charge in [-0.2, -0.15) is 9.50 Å². The highest BCUT2D eigenvalue weighted by atomic mass is 16.1. The third-order valence-electron chi connectivity index (χ3n) is 5.26. The second kappa shape index (κ2) is 8.37. The van der Waals surface area contributed by atoms with Crippen LogP contribution in [-0.2, 0) is 13.0 Å². The van der Waals surface area contributed by atoms with Crippen LogP contribution in [0.1, 0.15) is 36.6 Å². The normalized spacial score (nSPS) is 12.1. The molecule has 6 heteroatoms. The van der Waals surface area contributed by atoms with E-state index in [0.717, 1.165) is 17.7 Å². The van der Waals surface area contributed by atoms with E-state index in [1.54, 1.807) is 0 Å². The van der Waals surface area contributed by atoms with Crippen molar-refractivity contribution in [1.82, 2.24) is 19.6 Å². The largest absolute Gasteiger partial charge is 0.379 e. The smallest absolute Gasteiger partial charge is 0.274 e. The zero-order chi connectivity index (χ0) is 21.1. The number of H-pyrrole nitrogens is 1. The molecule has 1 unspecified atom stereocenters. The van der Waals surface area contributed by atoms with E-state index in [2.05, 4.69) is 65.1 Å². The fraction of sp³-hybridized carbons (Fsp3) is 0.208. The molecule has 2 aromatic heterocycles. The summed E-state index contributed by atoms with van der Waals surface area (Å²) in [7, 11) is 0. The molecule has 0 aliphatic carbocycles. The number of hydrogen-bond donors (Lipinski definition) is 2. The van der Waals surface area contributed by atoms with Gasteiger partial charge in [0.05, 0.1) is 12.2 Å². The molecule has 0 saturated heterocycles. The summed E-state index contributed by atoms with van der Waals surface area (Å²) in [4.78, 5) is 21.6. The summed E-state index contributed by atoms with van der Waals surface area (Å²) in [5, 5.41) is 6.37. The Hall–Kier alpha value is -3.67. The molecule has 2 N–H and O–H groups in total. The van der Waals surface area contributed by atoms with Gasteiger partial charge in [-0.05, 0) is 41.7 Å². The van der Waals surface area contributed by atoms with Gasteiger partial charge in [0.15, 0.2) is 5.82 Å². The zero-order valence-corrected chi connectivity index (χ0v) is 17.2. The van der Waals surface area contributed by atoms with Gasteiger partial charge in [0, 0.05) is 17.3 Å². The number of benzene rings is 2. The van der Waals surface area contributed by atoms with Crippen molar-refractivity contribution >= 4 is 11.5 Å². The average Bonchev–Trinajstić information content (AvgIpc) is 3.22. The summed E-state index contributed by atoms with van der Waals surface area (Å²) in [6.07, 6.45) is 2.86. The molecule has 1 atom stereocenters. The van der Waals surface area contributed by atoms with Crippen molar-refractivity contribution in [1.29, 1.82) is 0 Å². The highest BCUT2D eigenvalue weighted by molar-refractivity contribution is 5.58. The third-order valence-corrected chi connectivity index (χ3v) is 5.26. The molecule has 0 aliphatic rings. The molecule has 6 nitrogen and oxygen atoms in total. The molecule has 0 fully saturated rings. The Bertz CT molecular complexity index is 1240. The van der Waals surface area contributed by atoms with Crippen LogP contribution in [0.15, 0.2) is 72.0 Å². The number of nitrogens with zero attached hydrogens (tertiary/aromatic N) is 3. The van der Waals surface area contributed by atoms with Crippen LogP contribution in [0.25, 0.3) is 17.2 Å². The summed E-state index contributed by atoms with van der Waals surface area (Å²) in [6.45, 7) is 8.49. The highest BCUT2D eigenvalue weighted by Gasteiger charge is 2.10. The van der Waals surface area contributed by atoms with E-state index in [1.165, 1.54) is 21.7 Å². The first-order chi connectivity index (χ1) is 14.6. The molecule has 0 radical (unpaired) electrons. The number of anilines is 1. The number of aromatic nitrogens is 4. The van der Waals surface area contributed by atoms with Crippen molar-refractivity contribution in [2.45, 2.75) is 32.7 Å². The molecule has 0 spiro atoms. The number of nitrogens with one attached hydrogen (secondary N) is 2. The number of allylic oxidation sites excluding steroid dienone is 1. The maximum Gasteiger partial charge on any atom is 0.274 e. The Kier molecular flexibility index (Phi) is 5.48. The molecule has 152 valence electrons. The molecular weight excluding hydrogens is 374 g/mol. The predicted octanol–water partition coefficient (Wildman–Crippen LogP) is 4.55. The van der Waals surface area contributed by atoms with Gasteiger partial charge in [-0.25, -0.2) is 4.98 Å². The molecule has 2 aromatic carbocycles. The molecule has 4 aromatic rings. The molecule has 4 rings (SSSR count). The van der Waals surface area contributed by atoms with Crippen molar-refractivity contribution < 1.29 is 0 Å². The molecule has 30 heavy (non-hydrogen) atoms. The first-order valence-electron chi connectivity index (χ1n) is 10.1. The second-order valence-corrected chi connectivity index (χ2v) is 7.35. The van der Waals surface area contributed by atoms with Crippen molar-refractivity contribution in [3.8, 4) is 11.4 Å². The highest BCUT2D eigenvalue weighted by Crippen LogP contribution is 2.19. The zero-order valence-electron chi connectivity index (χ0n) is 17.2. The van der Waals surface area contributed by atoms with Crippen LogP contribution in [0.2, 0.25) is 0 Å². The molecule has 2 heterocycles. The standard InChI is InChI=1S/C24H25N5O/c1-4-16(3)18-9-11-20(12-10-18)25-15-21-14-22(30)29-24(26-21)27-23(28-29)19-8-6-7-17(5-2)13-19/h4,6-14,16,25H,1,5,15H2,2-3H3,(H,26,27,28). The van der Waals surface area contributed by atoms with E-state index in [9.17, 15) is 4.79 Å². The molecule has 0 bridgehead atoms. The van der Waals surface area contributed by atoms with Crippen LogP contribution in [0, 0.1) is 0 Å². The van der Waals surface area contributed by atoms with E-state index in [0.29, 0.717) is 29.8 Å². The monoisotopic (exact) mass is 399 g/mol. The van der Waals surface area contributed by atoms with Crippen LogP contribution in [0.5, 0.6) is 0 Å². The van der Waals surface area contributed by atoms with Crippen molar-refractivity contribution in [3.05, 3.63) is 94.4 Å². The lowest BCUT2D eigenvalue weighted by Crippen LogP contribution is -2.17. The van der Waals surface area contributed by atoms with Crippen LogP contribution in [0.3, 0.4) is 0 Å². The Morgan fingerprint density at radius 2 is 1.97 bits per heavy atom. The lowest BCUT2D eigenvalue weighted by atomic mass is 10.0. The van der Waals surface area contributed by atoms with Crippen LogP contribution < -0.4 is 10.9 Å². The Balaban J connectivity index is 1.55. The number of aryl methyl sites for hydroxylation is 1. The maximum atomic E-state index is 12.5. The summed E-state index contributed by atoms with van der Waals surface area (Å²) in [6, 6.07) is 17.8. The lowest BCUT2D eigenvalue weighted by Gasteiger charge is -2.09. The Morgan fingerprint density at radius 3 is 2.70 bits per heavy atom. The van der Waals surface area contributed by atoms with E-state index in [-0.39, 0.29) is 5.56 Å². The summed E-state index contributed by atoms with van der Waals surface area (Å²) in [5.41, 5.74) is 4.79. The van der Waals surface area contributed by atoms with Gasteiger partial charge in [0.2, 0.25) is 0 Å². The van der Waals surface area contributed by atoms with E-state index in [4.69, 9.17) is 0 Å². The average molecular weight is 399 g/mol. The molecule has 0 saturated carbocycles. The molecule has 0 aliphatic heterocycles.